The van der Waals surface area contributed by atoms with Gasteiger partial charge < -0.3 is 19.3 Å². The molecule has 0 amide bonds. The van der Waals surface area contributed by atoms with Gasteiger partial charge in [0.1, 0.15) is 18.0 Å². The van der Waals surface area contributed by atoms with Crippen molar-refractivity contribution < 1.29 is 9.84 Å². The number of hydrogen-bond donors (Lipinski definition) is 1. The van der Waals surface area contributed by atoms with Gasteiger partial charge in [-0.05, 0) is 31.3 Å². The first kappa shape index (κ1) is 23.5. The molecule has 32 heavy (non-hydrogen) atoms. The lowest BCUT2D eigenvalue weighted by atomic mass is 10.1. The highest BCUT2D eigenvalue weighted by molar-refractivity contribution is 5.87. The minimum absolute atomic E-state index is 0.465. The number of fused-ring (bicyclic) bond motifs is 1. The molecule has 5 heteroatoms. The number of hydrogen-bond acceptors (Lipinski definition) is 4. The van der Waals surface area contributed by atoms with E-state index >= 15 is 0 Å². The first-order valence-corrected chi connectivity index (χ1v) is 11.1. The Hall–Kier alpha value is -3.15. The number of aliphatic hydroxyl groups is 1. The summed E-state index contributed by atoms with van der Waals surface area (Å²) in [5.41, 5.74) is 3.94. The van der Waals surface area contributed by atoms with Gasteiger partial charge in [0, 0.05) is 31.0 Å². The maximum Gasteiger partial charge on any atom is 0.144 e. The average Bonchev–Trinajstić information content (AvgIpc) is 3.19. The zero-order valence-corrected chi connectivity index (χ0v) is 19.4. The molecule has 1 unspecified atom stereocenters. The molecule has 168 valence electrons. The molecule has 5 nitrogen and oxygen atoms in total. The highest BCUT2D eigenvalue weighted by atomic mass is 16.5. The summed E-state index contributed by atoms with van der Waals surface area (Å²) in [6, 6.07) is 22.2. The fourth-order valence-corrected chi connectivity index (χ4v) is 3.67. The third-order valence-electron chi connectivity index (χ3n) is 5.08. The van der Waals surface area contributed by atoms with Crippen molar-refractivity contribution >= 4 is 11.0 Å². The van der Waals surface area contributed by atoms with Crippen LogP contribution in [0.5, 0.6) is 5.75 Å². The molecule has 0 aliphatic heterocycles. The van der Waals surface area contributed by atoms with Gasteiger partial charge in [-0.15, -0.1) is 0 Å². The Morgan fingerprint density at radius 3 is 2.19 bits per heavy atom. The topological polar surface area (TPSA) is 50.5 Å². The van der Waals surface area contributed by atoms with Crippen LogP contribution in [0, 0.1) is 0 Å². The summed E-state index contributed by atoms with van der Waals surface area (Å²) in [6.45, 7) is 5.67. The number of pyridine rings is 1. The van der Waals surface area contributed by atoms with Crippen LogP contribution in [-0.4, -0.2) is 40.2 Å². The molecule has 0 aliphatic carbocycles. The Morgan fingerprint density at radius 1 is 0.938 bits per heavy atom. The van der Waals surface area contributed by atoms with Crippen LogP contribution in [0.3, 0.4) is 0 Å². The van der Waals surface area contributed by atoms with Gasteiger partial charge in [0.2, 0.25) is 0 Å². The summed E-state index contributed by atoms with van der Waals surface area (Å²) in [6.07, 6.45) is 3.14. The number of ether oxygens (including phenoxy) is 1. The second-order valence-electron chi connectivity index (χ2n) is 7.76. The lowest BCUT2D eigenvalue weighted by molar-refractivity contribution is 0.139. The van der Waals surface area contributed by atoms with Gasteiger partial charge in [-0.3, -0.25) is 0 Å². The number of likely N-dealkylation sites (N-methyl/N-ethyl adjacent to an activating group) is 1. The van der Waals surface area contributed by atoms with E-state index in [-0.39, 0.29) is 0 Å². The fourth-order valence-electron chi connectivity index (χ4n) is 3.67. The largest absolute Gasteiger partial charge is 0.488 e. The molecule has 0 bridgehead atoms. The molecule has 1 N–H and O–H groups in total. The number of aliphatic hydroxyl groups excluding tert-OH is 1. The smallest absolute Gasteiger partial charge is 0.144 e. The summed E-state index contributed by atoms with van der Waals surface area (Å²) in [7, 11) is 3.91. The summed E-state index contributed by atoms with van der Waals surface area (Å²) < 4.78 is 8.28. The van der Waals surface area contributed by atoms with Crippen molar-refractivity contribution in [1.29, 1.82) is 0 Å². The van der Waals surface area contributed by atoms with Crippen LogP contribution in [0.25, 0.3) is 11.0 Å². The molecule has 4 rings (SSSR count). The Balaban J connectivity index is 0.00000141. The van der Waals surface area contributed by atoms with Gasteiger partial charge in [0.05, 0.1) is 11.5 Å². The van der Waals surface area contributed by atoms with Crippen LogP contribution in [0.15, 0.2) is 79.1 Å². The van der Waals surface area contributed by atoms with Crippen molar-refractivity contribution in [2.24, 2.45) is 0 Å². The highest BCUT2D eigenvalue weighted by Crippen LogP contribution is 2.34. The van der Waals surface area contributed by atoms with E-state index in [0.717, 1.165) is 27.9 Å². The molecule has 0 saturated heterocycles. The maximum atomic E-state index is 10.9. The SMILES string of the molecule is CC.CN(C)CC(O)c1cn(Cc2ccccc2)c2nccc(OCc3ccccc3)c12. The minimum Gasteiger partial charge on any atom is -0.488 e. The summed E-state index contributed by atoms with van der Waals surface area (Å²) in [4.78, 5) is 6.61. The molecular formula is C27H33N3O2. The predicted molar refractivity (Wildman–Crippen MR) is 131 cm³/mol. The van der Waals surface area contributed by atoms with Crippen molar-refractivity contribution in [3.63, 3.8) is 0 Å². The fraction of sp³-hybridized carbons (Fsp3) is 0.296. The zero-order valence-electron chi connectivity index (χ0n) is 19.4. The summed E-state index contributed by atoms with van der Waals surface area (Å²) >= 11 is 0. The van der Waals surface area contributed by atoms with E-state index in [1.807, 2.05) is 93.6 Å². The van der Waals surface area contributed by atoms with Crippen LogP contribution >= 0.6 is 0 Å². The lowest BCUT2D eigenvalue weighted by Gasteiger charge is -2.16. The monoisotopic (exact) mass is 431 g/mol. The van der Waals surface area contributed by atoms with E-state index in [9.17, 15) is 5.11 Å². The molecule has 0 spiro atoms. The lowest BCUT2D eigenvalue weighted by Crippen LogP contribution is -2.20. The van der Waals surface area contributed by atoms with Gasteiger partial charge in [-0.25, -0.2) is 4.98 Å². The molecule has 0 saturated carbocycles. The third kappa shape index (κ3) is 5.75. The van der Waals surface area contributed by atoms with Crippen molar-refractivity contribution in [3.05, 3.63) is 95.8 Å². The second-order valence-corrected chi connectivity index (χ2v) is 7.76. The summed E-state index contributed by atoms with van der Waals surface area (Å²) in [5.74, 6) is 0.739. The Morgan fingerprint density at radius 2 is 1.56 bits per heavy atom. The molecular weight excluding hydrogens is 398 g/mol. The molecule has 2 heterocycles. The number of benzene rings is 2. The number of nitrogens with zero attached hydrogens (tertiary/aromatic N) is 3. The standard InChI is InChI=1S/C25H27N3O2.C2H6/c1-27(2)17-22(29)21-16-28(15-19-9-5-3-6-10-19)25-24(21)23(13-14-26-25)30-18-20-11-7-4-8-12-20;1-2/h3-14,16,22,29H,15,17-18H2,1-2H3;1-2H3. The van der Waals surface area contributed by atoms with E-state index in [4.69, 9.17) is 4.74 Å². The number of rotatable bonds is 8. The van der Waals surface area contributed by atoms with Gasteiger partial charge in [0.15, 0.2) is 0 Å². The van der Waals surface area contributed by atoms with Crippen LogP contribution in [0.4, 0.5) is 0 Å². The van der Waals surface area contributed by atoms with Crippen LogP contribution < -0.4 is 4.74 Å². The van der Waals surface area contributed by atoms with Crippen LogP contribution in [0.2, 0.25) is 0 Å². The molecule has 0 aliphatic rings. The van der Waals surface area contributed by atoms with Crippen molar-refractivity contribution in [2.75, 3.05) is 20.6 Å². The Labute approximate surface area is 190 Å². The van der Waals surface area contributed by atoms with E-state index in [1.54, 1.807) is 6.20 Å². The quantitative estimate of drug-likeness (QED) is 0.412. The second kappa shape index (κ2) is 11.5. The van der Waals surface area contributed by atoms with E-state index in [2.05, 4.69) is 21.7 Å². The first-order chi connectivity index (χ1) is 15.6. The van der Waals surface area contributed by atoms with E-state index in [0.29, 0.717) is 19.7 Å². The Kier molecular flexibility index (Phi) is 8.42. The van der Waals surface area contributed by atoms with Gasteiger partial charge in [0.25, 0.3) is 0 Å². The first-order valence-electron chi connectivity index (χ1n) is 11.1. The maximum absolute atomic E-state index is 10.9. The van der Waals surface area contributed by atoms with Crippen molar-refractivity contribution in [1.82, 2.24) is 14.5 Å². The minimum atomic E-state index is -0.636. The molecule has 0 fully saturated rings. The molecule has 0 radical (unpaired) electrons. The summed E-state index contributed by atoms with van der Waals surface area (Å²) in [5, 5.41) is 11.8. The third-order valence-corrected chi connectivity index (χ3v) is 5.08. The zero-order chi connectivity index (χ0) is 22.9. The highest BCUT2D eigenvalue weighted by Gasteiger charge is 2.21. The van der Waals surface area contributed by atoms with E-state index < -0.39 is 6.10 Å². The van der Waals surface area contributed by atoms with E-state index in [1.165, 1.54) is 5.56 Å². The van der Waals surface area contributed by atoms with Crippen molar-refractivity contribution in [2.45, 2.75) is 33.1 Å². The van der Waals surface area contributed by atoms with Crippen molar-refractivity contribution in [3.8, 4) is 5.75 Å². The van der Waals surface area contributed by atoms with Crippen LogP contribution in [0.1, 0.15) is 36.6 Å². The van der Waals surface area contributed by atoms with Gasteiger partial charge in [-0.1, -0.05) is 74.5 Å². The molecule has 2 aromatic heterocycles. The molecule has 4 aromatic rings. The predicted octanol–water partition coefficient (Wildman–Crippen LogP) is 5.28. The average molecular weight is 432 g/mol. The Bertz CT molecular complexity index is 1090. The van der Waals surface area contributed by atoms with Gasteiger partial charge in [-0.2, -0.15) is 0 Å². The molecule has 2 aromatic carbocycles. The van der Waals surface area contributed by atoms with Crippen LogP contribution in [-0.2, 0) is 13.2 Å². The number of aromatic nitrogens is 2. The van der Waals surface area contributed by atoms with Gasteiger partial charge >= 0.3 is 0 Å². The molecule has 1 atom stereocenters. The normalized spacial score (nSPS) is 11.8.